The van der Waals surface area contributed by atoms with Gasteiger partial charge in [-0.1, -0.05) is 17.8 Å². The number of esters is 1. The minimum absolute atomic E-state index is 0.0941. The van der Waals surface area contributed by atoms with Crippen LogP contribution in [0.5, 0.6) is 0 Å². The summed E-state index contributed by atoms with van der Waals surface area (Å²) < 4.78 is 4.90. The van der Waals surface area contributed by atoms with Crippen LogP contribution in [0.1, 0.15) is 29.3 Å². The molecule has 0 aliphatic rings. The van der Waals surface area contributed by atoms with E-state index in [4.69, 9.17) is 4.74 Å². The summed E-state index contributed by atoms with van der Waals surface area (Å²) in [6, 6.07) is 8.07. The zero-order valence-electron chi connectivity index (χ0n) is 17.9. The molecule has 0 saturated heterocycles. The fourth-order valence-corrected chi connectivity index (χ4v) is 4.22. The molecular weight excluding hydrogens is 432 g/mol. The lowest BCUT2D eigenvalue weighted by molar-refractivity contribution is -0.142. The summed E-state index contributed by atoms with van der Waals surface area (Å²) in [5.74, 6) is -0.346. The van der Waals surface area contributed by atoms with Crippen molar-refractivity contribution in [1.82, 2.24) is 15.2 Å². The van der Waals surface area contributed by atoms with E-state index in [1.165, 1.54) is 34.2 Å². The highest BCUT2D eigenvalue weighted by Gasteiger charge is 2.12. The predicted molar refractivity (Wildman–Crippen MR) is 123 cm³/mol. The molecule has 2 aromatic heterocycles. The van der Waals surface area contributed by atoms with E-state index in [1.807, 2.05) is 12.1 Å². The van der Waals surface area contributed by atoms with E-state index in [9.17, 15) is 9.59 Å². The number of aryl methyl sites for hydroxylation is 3. The number of aromatic nitrogens is 3. The lowest BCUT2D eigenvalue weighted by Crippen LogP contribution is -2.14. The fraction of sp³-hybridized carbons (Fsp3) is 0.318. The monoisotopic (exact) mass is 456 g/mol. The second-order valence-corrected chi connectivity index (χ2v) is 8.82. The number of thiazole rings is 1. The number of rotatable bonds is 8. The van der Waals surface area contributed by atoms with Crippen LogP contribution in [0.15, 0.2) is 34.7 Å². The third-order valence-corrected chi connectivity index (χ3v) is 6.26. The number of hydrogen-bond acceptors (Lipinski definition) is 8. The third kappa shape index (κ3) is 6.35. The Bertz CT molecular complexity index is 1080. The zero-order valence-corrected chi connectivity index (χ0v) is 19.5. The SMILES string of the molecule is CCOC(=O)Cc1csc(NC(=O)CSc2ccc(-c3cc(C)c(C)cc3C)nn2)n1. The largest absolute Gasteiger partial charge is 0.466 e. The number of thioether (sulfide) groups is 1. The van der Waals surface area contributed by atoms with E-state index >= 15 is 0 Å². The molecule has 0 fully saturated rings. The van der Waals surface area contributed by atoms with Gasteiger partial charge >= 0.3 is 5.97 Å². The fourth-order valence-electron chi connectivity index (χ4n) is 2.88. The van der Waals surface area contributed by atoms with Crippen molar-refractivity contribution in [3.05, 3.63) is 52.0 Å². The van der Waals surface area contributed by atoms with Crippen molar-refractivity contribution in [3.8, 4) is 11.3 Å². The first kappa shape index (κ1) is 22.9. The number of amides is 1. The van der Waals surface area contributed by atoms with Gasteiger partial charge in [0.2, 0.25) is 5.91 Å². The molecule has 0 unspecified atom stereocenters. The standard InChI is InChI=1S/C22H24N4O3S2/c1-5-29-21(28)10-16-11-31-22(23-16)24-19(27)12-30-20-7-6-18(25-26-20)17-9-14(3)13(2)8-15(17)4/h6-9,11H,5,10,12H2,1-4H3,(H,23,24,27). The van der Waals surface area contributed by atoms with Crippen LogP contribution in [-0.4, -0.2) is 39.4 Å². The smallest absolute Gasteiger partial charge is 0.311 e. The lowest BCUT2D eigenvalue weighted by atomic mass is 9.99. The number of hydrogen-bond donors (Lipinski definition) is 1. The van der Waals surface area contributed by atoms with Crippen LogP contribution in [0, 0.1) is 20.8 Å². The molecule has 0 saturated carbocycles. The summed E-state index contributed by atoms with van der Waals surface area (Å²) in [5, 5.41) is 14.2. The van der Waals surface area contributed by atoms with Gasteiger partial charge in [-0.25, -0.2) is 4.98 Å². The highest BCUT2D eigenvalue weighted by Crippen LogP contribution is 2.26. The van der Waals surface area contributed by atoms with E-state index in [2.05, 4.69) is 53.4 Å². The second kappa shape index (κ2) is 10.5. The first-order chi connectivity index (χ1) is 14.9. The van der Waals surface area contributed by atoms with Crippen LogP contribution in [0.2, 0.25) is 0 Å². The molecule has 1 amide bonds. The Kier molecular flexibility index (Phi) is 7.75. The van der Waals surface area contributed by atoms with Crippen molar-refractivity contribution >= 4 is 40.1 Å². The summed E-state index contributed by atoms with van der Waals surface area (Å²) in [5.41, 5.74) is 6.07. The Morgan fingerprint density at radius 2 is 1.87 bits per heavy atom. The molecule has 0 spiro atoms. The summed E-state index contributed by atoms with van der Waals surface area (Å²) in [4.78, 5) is 28.0. The van der Waals surface area contributed by atoms with Crippen molar-refractivity contribution in [2.24, 2.45) is 0 Å². The molecule has 0 aliphatic carbocycles. The van der Waals surface area contributed by atoms with Crippen LogP contribution in [0.4, 0.5) is 5.13 Å². The second-order valence-electron chi connectivity index (χ2n) is 6.97. The Labute approximate surface area is 189 Å². The Morgan fingerprint density at radius 3 is 2.58 bits per heavy atom. The average Bonchev–Trinajstić information content (AvgIpc) is 3.16. The molecule has 1 aromatic carbocycles. The van der Waals surface area contributed by atoms with Crippen molar-refractivity contribution < 1.29 is 14.3 Å². The summed E-state index contributed by atoms with van der Waals surface area (Å²) in [7, 11) is 0. The van der Waals surface area contributed by atoms with Crippen LogP contribution < -0.4 is 5.32 Å². The highest BCUT2D eigenvalue weighted by atomic mass is 32.2. The van der Waals surface area contributed by atoms with Gasteiger partial charge in [-0.2, -0.15) is 0 Å². The van der Waals surface area contributed by atoms with Gasteiger partial charge in [0.25, 0.3) is 0 Å². The van der Waals surface area contributed by atoms with Crippen molar-refractivity contribution in [2.75, 3.05) is 17.7 Å². The van der Waals surface area contributed by atoms with E-state index < -0.39 is 0 Å². The number of carbonyl (C=O) groups is 2. The van der Waals surface area contributed by atoms with Crippen LogP contribution in [0.25, 0.3) is 11.3 Å². The van der Waals surface area contributed by atoms with Gasteiger partial charge in [0.15, 0.2) is 5.13 Å². The van der Waals surface area contributed by atoms with E-state index in [-0.39, 0.29) is 24.1 Å². The van der Waals surface area contributed by atoms with Gasteiger partial charge < -0.3 is 10.1 Å². The van der Waals surface area contributed by atoms with Crippen molar-refractivity contribution in [2.45, 2.75) is 39.1 Å². The van der Waals surface area contributed by atoms with Gasteiger partial charge in [-0.3, -0.25) is 9.59 Å². The number of nitrogens with one attached hydrogen (secondary N) is 1. The van der Waals surface area contributed by atoms with E-state index in [0.717, 1.165) is 16.8 Å². The summed E-state index contributed by atoms with van der Waals surface area (Å²) >= 11 is 2.58. The highest BCUT2D eigenvalue weighted by molar-refractivity contribution is 7.99. The maximum Gasteiger partial charge on any atom is 0.311 e. The maximum absolute atomic E-state index is 12.2. The third-order valence-electron chi connectivity index (χ3n) is 4.54. The van der Waals surface area contributed by atoms with Gasteiger partial charge in [0.05, 0.1) is 30.2 Å². The topological polar surface area (TPSA) is 94.1 Å². The minimum Gasteiger partial charge on any atom is -0.466 e. The Hall–Kier alpha value is -2.78. The molecule has 0 bridgehead atoms. The molecule has 0 atom stereocenters. The first-order valence-electron chi connectivity index (χ1n) is 9.80. The molecule has 1 N–H and O–H groups in total. The summed E-state index contributed by atoms with van der Waals surface area (Å²) in [6.07, 6.45) is 0.0941. The number of ether oxygens (including phenoxy) is 1. The Balaban J connectivity index is 1.53. The van der Waals surface area contributed by atoms with Crippen LogP contribution in [0.3, 0.4) is 0 Å². The average molecular weight is 457 g/mol. The zero-order chi connectivity index (χ0) is 22.4. The van der Waals surface area contributed by atoms with E-state index in [0.29, 0.717) is 22.5 Å². The summed E-state index contributed by atoms with van der Waals surface area (Å²) in [6.45, 7) is 8.32. The van der Waals surface area contributed by atoms with Crippen LogP contribution in [-0.2, 0) is 20.7 Å². The quantitative estimate of drug-likeness (QED) is 0.397. The Morgan fingerprint density at radius 1 is 1.10 bits per heavy atom. The predicted octanol–water partition coefficient (Wildman–Crippen LogP) is 4.36. The molecule has 0 aliphatic heterocycles. The number of benzene rings is 1. The number of nitrogens with zero attached hydrogens (tertiary/aromatic N) is 3. The van der Waals surface area contributed by atoms with Gasteiger partial charge in [-0.15, -0.1) is 21.5 Å². The van der Waals surface area contributed by atoms with E-state index in [1.54, 1.807) is 12.3 Å². The van der Waals surface area contributed by atoms with Crippen molar-refractivity contribution in [3.63, 3.8) is 0 Å². The molecule has 31 heavy (non-hydrogen) atoms. The van der Waals surface area contributed by atoms with Crippen LogP contribution >= 0.6 is 23.1 Å². The molecule has 2 heterocycles. The van der Waals surface area contributed by atoms with Gasteiger partial charge in [0, 0.05) is 10.9 Å². The van der Waals surface area contributed by atoms with Crippen molar-refractivity contribution in [1.29, 1.82) is 0 Å². The molecule has 3 rings (SSSR count). The van der Waals surface area contributed by atoms with Gasteiger partial charge in [-0.05, 0) is 62.6 Å². The molecule has 9 heteroatoms. The molecule has 162 valence electrons. The lowest BCUT2D eigenvalue weighted by Gasteiger charge is -2.09. The maximum atomic E-state index is 12.2. The molecule has 7 nitrogen and oxygen atoms in total. The number of carbonyl (C=O) groups excluding carboxylic acids is 2. The molecular formula is C22H24N4O3S2. The first-order valence-corrected chi connectivity index (χ1v) is 11.7. The molecule has 3 aromatic rings. The van der Waals surface area contributed by atoms with Gasteiger partial charge in [0.1, 0.15) is 5.03 Å². The minimum atomic E-state index is -0.334. The normalized spacial score (nSPS) is 10.7. The molecule has 0 radical (unpaired) electrons. The number of anilines is 1.